The fourth-order valence-corrected chi connectivity index (χ4v) is 1.72. The second-order valence-corrected chi connectivity index (χ2v) is 3.96. The Morgan fingerprint density at radius 1 is 1.43 bits per heavy atom. The quantitative estimate of drug-likeness (QED) is 0.792. The third-order valence-corrected chi connectivity index (χ3v) is 2.76. The van der Waals surface area contributed by atoms with Crippen molar-refractivity contribution in [2.24, 2.45) is 7.05 Å². The van der Waals surface area contributed by atoms with Gasteiger partial charge < -0.3 is 5.73 Å². The van der Waals surface area contributed by atoms with Gasteiger partial charge in [-0.3, -0.25) is 4.68 Å². The minimum atomic E-state index is 0.750. The molecular formula is C10H10BrN3. The molecule has 0 aliphatic rings. The summed E-state index contributed by atoms with van der Waals surface area (Å²) < 4.78 is 2.68. The maximum atomic E-state index is 5.94. The van der Waals surface area contributed by atoms with E-state index in [1.165, 1.54) is 0 Å². The lowest BCUT2D eigenvalue weighted by atomic mass is 10.1. The summed E-state index contributed by atoms with van der Waals surface area (Å²) in [5, 5.41) is 4.11. The van der Waals surface area contributed by atoms with Crippen LogP contribution in [0.5, 0.6) is 0 Å². The third kappa shape index (κ3) is 1.53. The molecule has 0 radical (unpaired) electrons. The molecule has 0 saturated heterocycles. The maximum Gasteiger partial charge on any atom is 0.0568 e. The first kappa shape index (κ1) is 9.27. The summed E-state index contributed by atoms with van der Waals surface area (Å²) in [6, 6.07) is 5.87. The second kappa shape index (κ2) is 3.46. The molecule has 1 heterocycles. The molecule has 14 heavy (non-hydrogen) atoms. The van der Waals surface area contributed by atoms with Crippen LogP contribution >= 0.6 is 15.9 Å². The molecule has 1 aromatic carbocycles. The zero-order valence-corrected chi connectivity index (χ0v) is 9.32. The molecular weight excluding hydrogens is 242 g/mol. The molecule has 0 atom stereocenters. The number of nitrogens with zero attached hydrogens (tertiary/aromatic N) is 2. The van der Waals surface area contributed by atoms with Crippen LogP contribution in [-0.2, 0) is 7.05 Å². The monoisotopic (exact) mass is 251 g/mol. The summed E-state index contributed by atoms with van der Waals surface area (Å²) in [6.07, 6.45) is 3.75. The van der Waals surface area contributed by atoms with E-state index in [4.69, 9.17) is 5.73 Å². The summed E-state index contributed by atoms with van der Waals surface area (Å²) in [7, 11) is 1.89. The van der Waals surface area contributed by atoms with E-state index in [0.717, 1.165) is 21.3 Å². The maximum absolute atomic E-state index is 5.94. The predicted molar refractivity (Wildman–Crippen MR) is 60.8 cm³/mol. The van der Waals surface area contributed by atoms with Crippen LogP contribution in [0.25, 0.3) is 11.1 Å². The Balaban J connectivity index is 2.57. The minimum absolute atomic E-state index is 0.750. The van der Waals surface area contributed by atoms with Gasteiger partial charge in [0.05, 0.1) is 11.9 Å². The number of rotatable bonds is 1. The van der Waals surface area contributed by atoms with E-state index < -0.39 is 0 Å². The SMILES string of the molecule is Cn1cc(-c2cccc(Br)c2N)cn1. The number of aromatic nitrogens is 2. The van der Waals surface area contributed by atoms with Gasteiger partial charge in [-0.05, 0) is 22.0 Å². The topological polar surface area (TPSA) is 43.8 Å². The Morgan fingerprint density at radius 3 is 2.86 bits per heavy atom. The summed E-state index contributed by atoms with van der Waals surface area (Å²) in [6.45, 7) is 0. The smallest absolute Gasteiger partial charge is 0.0568 e. The van der Waals surface area contributed by atoms with E-state index in [9.17, 15) is 0 Å². The molecule has 0 bridgehead atoms. The van der Waals surface area contributed by atoms with Gasteiger partial charge in [0, 0.05) is 28.8 Å². The lowest BCUT2D eigenvalue weighted by molar-refractivity contribution is 0.768. The Kier molecular flexibility index (Phi) is 2.29. The molecule has 0 unspecified atom stereocenters. The summed E-state index contributed by atoms with van der Waals surface area (Å²) in [5.74, 6) is 0. The van der Waals surface area contributed by atoms with E-state index in [1.54, 1.807) is 10.9 Å². The highest BCUT2D eigenvalue weighted by atomic mass is 79.9. The molecule has 2 rings (SSSR count). The second-order valence-electron chi connectivity index (χ2n) is 3.10. The largest absolute Gasteiger partial charge is 0.397 e. The Bertz CT molecular complexity index is 462. The molecule has 2 aromatic rings. The summed E-state index contributed by atoms with van der Waals surface area (Å²) in [4.78, 5) is 0. The highest BCUT2D eigenvalue weighted by Gasteiger charge is 2.06. The van der Waals surface area contributed by atoms with Gasteiger partial charge in [-0.1, -0.05) is 12.1 Å². The van der Waals surface area contributed by atoms with E-state index >= 15 is 0 Å². The fourth-order valence-electron chi connectivity index (χ4n) is 1.35. The molecule has 0 saturated carbocycles. The summed E-state index contributed by atoms with van der Waals surface area (Å²) >= 11 is 3.40. The van der Waals surface area contributed by atoms with Gasteiger partial charge in [-0.25, -0.2) is 0 Å². The average Bonchev–Trinajstić information content (AvgIpc) is 2.57. The van der Waals surface area contributed by atoms with E-state index in [1.807, 2.05) is 31.4 Å². The Labute approximate surface area is 90.7 Å². The van der Waals surface area contributed by atoms with Crippen LogP contribution < -0.4 is 5.73 Å². The number of hydrogen-bond acceptors (Lipinski definition) is 2. The first-order valence-corrected chi connectivity index (χ1v) is 5.01. The van der Waals surface area contributed by atoms with Crippen molar-refractivity contribution < 1.29 is 0 Å². The molecule has 0 aliphatic heterocycles. The van der Waals surface area contributed by atoms with Crippen LogP contribution in [0, 0.1) is 0 Å². The Hall–Kier alpha value is -1.29. The van der Waals surface area contributed by atoms with E-state index in [0.29, 0.717) is 0 Å². The molecule has 3 nitrogen and oxygen atoms in total. The van der Waals surface area contributed by atoms with Crippen LogP contribution in [0.1, 0.15) is 0 Å². The van der Waals surface area contributed by atoms with Crippen molar-refractivity contribution in [3.05, 3.63) is 35.1 Å². The Morgan fingerprint density at radius 2 is 2.21 bits per heavy atom. The van der Waals surface area contributed by atoms with Gasteiger partial charge >= 0.3 is 0 Å². The molecule has 1 aromatic heterocycles. The van der Waals surface area contributed by atoms with Crippen molar-refractivity contribution in [2.45, 2.75) is 0 Å². The van der Waals surface area contributed by atoms with Crippen molar-refractivity contribution in [3.63, 3.8) is 0 Å². The number of halogens is 1. The molecule has 0 amide bonds. The van der Waals surface area contributed by atoms with Crippen molar-refractivity contribution in [1.82, 2.24) is 9.78 Å². The molecule has 0 aliphatic carbocycles. The average molecular weight is 252 g/mol. The zero-order chi connectivity index (χ0) is 10.1. The van der Waals surface area contributed by atoms with Gasteiger partial charge in [-0.15, -0.1) is 0 Å². The van der Waals surface area contributed by atoms with Crippen molar-refractivity contribution in [1.29, 1.82) is 0 Å². The first-order valence-electron chi connectivity index (χ1n) is 4.21. The number of nitrogen functional groups attached to an aromatic ring is 1. The number of anilines is 1. The van der Waals surface area contributed by atoms with E-state index in [2.05, 4.69) is 21.0 Å². The molecule has 2 N–H and O–H groups in total. The number of aryl methyl sites for hydroxylation is 1. The van der Waals surface area contributed by atoms with Gasteiger partial charge in [0.1, 0.15) is 0 Å². The molecule has 0 spiro atoms. The minimum Gasteiger partial charge on any atom is -0.397 e. The predicted octanol–water partition coefficient (Wildman–Crippen LogP) is 2.43. The highest BCUT2D eigenvalue weighted by molar-refractivity contribution is 9.10. The first-order chi connectivity index (χ1) is 6.68. The molecule has 72 valence electrons. The number of para-hydroxylation sites is 1. The lowest BCUT2D eigenvalue weighted by Crippen LogP contribution is -1.90. The van der Waals surface area contributed by atoms with Gasteiger partial charge in [0.2, 0.25) is 0 Å². The molecule has 0 fully saturated rings. The van der Waals surface area contributed by atoms with Crippen molar-refractivity contribution >= 4 is 21.6 Å². The van der Waals surface area contributed by atoms with Crippen molar-refractivity contribution in [3.8, 4) is 11.1 Å². The number of nitrogens with two attached hydrogens (primary N) is 1. The lowest BCUT2D eigenvalue weighted by Gasteiger charge is -2.04. The zero-order valence-electron chi connectivity index (χ0n) is 7.74. The van der Waals surface area contributed by atoms with Crippen LogP contribution in [0.4, 0.5) is 5.69 Å². The van der Waals surface area contributed by atoms with Gasteiger partial charge in [0.25, 0.3) is 0 Å². The molecule has 4 heteroatoms. The summed E-state index contributed by atoms with van der Waals surface area (Å²) in [5.41, 5.74) is 8.73. The van der Waals surface area contributed by atoms with E-state index in [-0.39, 0.29) is 0 Å². The standard InChI is InChI=1S/C10H10BrN3/c1-14-6-7(5-13-14)8-3-2-4-9(11)10(8)12/h2-6H,12H2,1H3. The highest BCUT2D eigenvalue weighted by Crippen LogP contribution is 2.30. The fraction of sp³-hybridized carbons (Fsp3) is 0.100. The van der Waals surface area contributed by atoms with Crippen molar-refractivity contribution in [2.75, 3.05) is 5.73 Å². The van der Waals surface area contributed by atoms with Crippen LogP contribution in [0.3, 0.4) is 0 Å². The van der Waals surface area contributed by atoms with Crippen LogP contribution in [-0.4, -0.2) is 9.78 Å². The normalized spacial score (nSPS) is 10.4. The van der Waals surface area contributed by atoms with Gasteiger partial charge in [-0.2, -0.15) is 5.10 Å². The van der Waals surface area contributed by atoms with Crippen LogP contribution in [0.15, 0.2) is 35.1 Å². The third-order valence-electron chi connectivity index (χ3n) is 2.07. The number of hydrogen-bond donors (Lipinski definition) is 1. The van der Waals surface area contributed by atoms with Gasteiger partial charge in [0.15, 0.2) is 0 Å². The van der Waals surface area contributed by atoms with Crippen LogP contribution in [0.2, 0.25) is 0 Å². The number of benzene rings is 1.